The molecule has 0 spiro atoms. The topological polar surface area (TPSA) is 30.5 Å². The van der Waals surface area contributed by atoms with Crippen LogP contribution in [0.3, 0.4) is 0 Å². The van der Waals surface area contributed by atoms with Gasteiger partial charge in [0.2, 0.25) is 0 Å². The van der Waals surface area contributed by atoms with Crippen LogP contribution in [0.1, 0.15) is 24.8 Å². The Morgan fingerprint density at radius 2 is 2.00 bits per heavy atom. The summed E-state index contributed by atoms with van der Waals surface area (Å²) in [6, 6.07) is 11.0. The zero-order valence-electron chi connectivity index (χ0n) is 15.8. The number of rotatable bonds is 6. The maximum absolute atomic E-state index is 13.4. The Kier molecular flexibility index (Phi) is 7.18. The van der Waals surface area contributed by atoms with Gasteiger partial charge in [0, 0.05) is 42.8 Å². The van der Waals surface area contributed by atoms with E-state index in [1.807, 2.05) is 6.07 Å². The van der Waals surface area contributed by atoms with E-state index in [2.05, 4.69) is 51.8 Å². The number of benzene rings is 1. The smallest absolute Gasteiger partial charge is 0.171 e. The van der Waals surface area contributed by atoms with Gasteiger partial charge < -0.3 is 15.5 Å². The summed E-state index contributed by atoms with van der Waals surface area (Å²) < 4.78 is 13.4. The van der Waals surface area contributed by atoms with Gasteiger partial charge in [-0.05, 0) is 55.3 Å². The Morgan fingerprint density at radius 1 is 1.22 bits per heavy atom. The summed E-state index contributed by atoms with van der Waals surface area (Å²) in [7, 11) is 0. The predicted molar refractivity (Wildman–Crippen MR) is 116 cm³/mol. The van der Waals surface area contributed by atoms with Crippen LogP contribution in [0.5, 0.6) is 0 Å². The maximum Gasteiger partial charge on any atom is 0.171 e. The lowest BCUT2D eigenvalue weighted by atomic mass is 10.1. The lowest BCUT2D eigenvalue weighted by molar-refractivity contribution is 0.0883. The van der Waals surface area contributed by atoms with Crippen molar-refractivity contribution < 1.29 is 4.39 Å². The molecular formula is C20H27FN4S2. The van der Waals surface area contributed by atoms with E-state index < -0.39 is 0 Å². The van der Waals surface area contributed by atoms with Crippen molar-refractivity contribution >= 4 is 34.4 Å². The molecule has 27 heavy (non-hydrogen) atoms. The fourth-order valence-corrected chi connectivity index (χ4v) is 4.85. The van der Waals surface area contributed by atoms with Gasteiger partial charge in [0.1, 0.15) is 5.82 Å². The van der Waals surface area contributed by atoms with E-state index in [0.29, 0.717) is 10.8 Å². The molecule has 1 aliphatic heterocycles. The summed E-state index contributed by atoms with van der Waals surface area (Å²) in [6.07, 6.45) is 0. The molecule has 1 aromatic heterocycles. The van der Waals surface area contributed by atoms with E-state index in [-0.39, 0.29) is 17.9 Å². The first-order valence-electron chi connectivity index (χ1n) is 9.39. The highest BCUT2D eigenvalue weighted by atomic mass is 32.1. The monoisotopic (exact) mass is 406 g/mol. The SMILES string of the molecule is CCN1CCN([C@H](c2cccs2)[C@@H](C)NC(=S)Nc2cccc(F)c2)CC1. The molecule has 2 aromatic rings. The molecule has 0 aliphatic carbocycles. The Labute approximate surface area is 170 Å². The molecule has 3 rings (SSSR count). The number of piperazine rings is 1. The van der Waals surface area contributed by atoms with Crippen molar-refractivity contribution in [2.45, 2.75) is 25.9 Å². The van der Waals surface area contributed by atoms with Crippen molar-refractivity contribution in [1.29, 1.82) is 0 Å². The third-order valence-electron chi connectivity index (χ3n) is 5.00. The molecule has 0 amide bonds. The first-order chi connectivity index (χ1) is 13.1. The van der Waals surface area contributed by atoms with Crippen LogP contribution >= 0.6 is 23.6 Å². The molecule has 0 unspecified atom stereocenters. The molecule has 2 N–H and O–H groups in total. The van der Waals surface area contributed by atoms with Crippen molar-refractivity contribution in [3.05, 3.63) is 52.5 Å². The molecule has 7 heteroatoms. The zero-order valence-corrected chi connectivity index (χ0v) is 17.5. The number of hydrogen-bond donors (Lipinski definition) is 2. The lowest BCUT2D eigenvalue weighted by Gasteiger charge is -2.41. The van der Waals surface area contributed by atoms with Crippen LogP contribution < -0.4 is 10.6 Å². The van der Waals surface area contributed by atoms with Gasteiger partial charge in [0.05, 0.1) is 6.04 Å². The minimum Gasteiger partial charge on any atom is -0.358 e. The van der Waals surface area contributed by atoms with Crippen molar-refractivity contribution in [2.24, 2.45) is 0 Å². The minimum atomic E-state index is -0.277. The van der Waals surface area contributed by atoms with E-state index in [1.165, 1.54) is 17.0 Å². The number of thiophene rings is 1. The number of nitrogens with one attached hydrogen (secondary N) is 2. The third kappa shape index (κ3) is 5.48. The van der Waals surface area contributed by atoms with Crippen molar-refractivity contribution in [3.63, 3.8) is 0 Å². The molecule has 0 saturated carbocycles. The Hall–Kier alpha value is -1.54. The van der Waals surface area contributed by atoms with E-state index in [4.69, 9.17) is 12.2 Å². The van der Waals surface area contributed by atoms with Gasteiger partial charge in [-0.25, -0.2) is 4.39 Å². The van der Waals surface area contributed by atoms with E-state index in [1.54, 1.807) is 17.4 Å². The molecule has 1 saturated heterocycles. The molecule has 146 valence electrons. The fraction of sp³-hybridized carbons (Fsp3) is 0.450. The van der Waals surface area contributed by atoms with Gasteiger partial charge in [-0.15, -0.1) is 11.3 Å². The molecule has 2 heterocycles. The molecule has 4 nitrogen and oxygen atoms in total. The summed E-state index contributed by atoms with van der Waals surface area (Å²) in [6.45, 7) is 9.77. The Bertz CT molecular complexity index is 729. The third-order valence-corrected chi connectivity index (χ3v) is 6.16. The van der Waals surface area contributed by atoms with Crippen LogP contribution in [0.15, 0.2) is 41.8 Å². The summed E-state index contributed by atoms with van der Waals surface area (Å²) >= 11 is 7.26. The molecule has 1 aliphatic rings. The number of likely N-dealkylation sites (N-methyl/N-ethyl adjacent to an activating group) is 1. The summed E-state index contributed by atoms with van der Waals surface area (Å²) in [5.41, 5.74) is 0.656. The quantitative estimate of drug-likeness (QED) is 0.710. The standard InChI is InChI=1S/C20H27FN4S2/c1-3-24-9-11-25(12-10-24)19(18-8-5-13-27-18)15(2)22-20(26)23-17-7-4-6-16(21)14-17/h4-8,13-15,19H,3,9-12H2,1-2H3,(H2,22,23,26)/t15-,19+/m1/s1. The highest BCUT2D eigenvalue weighted by molar-refractivity contribution is 7.80. The number of hydrogen-bond acceptors (Lipinski definition) is 4. The fourth-order valence-electron chi connectivity index (χ4n) is 3.58. The highest BCUT2D eigenvalue weighted by Crippen LogP contribution is 2.29. The molecule has 1 fully saturated rings. The second-order valence-corrected chi connectivity index (χ2v) is 8.22. The average Bonchev–Trinajstić information content (AvgIpc) is 3.16. The van der Waals surface area contributed by atoms with Crippen molar-refractivity contribution in [3.8, 4) is 0 Å². The second-order valence-electron chi connectivity index (χ2n) is 6.83. The molecule has 0 radical (unpaired) electrons. The molecule has 0 bridgehead atoms. The predicted octanol–water partition coefficient (Wildman–Crippen LogP) is 3.94. The summed E-state index contributed by atoms with van der Waals surface area (Å²) in [5.74, 6) is -0.277. The normalized spacial score (nSPS) is 18.0. The summed E-state index contributed by atoms with van der Waals surface area (Å²) in [5, 5.41) is 9.14. The van der Waals surface area contributed by atoms with E-state index >= 15 is 0 Å². The van der Waals surface area contributed by atoms with Gasteiger partial charge in [-0.1, -0.05) is 19.1 Å². The molecule has 1 aromatic carbocycles. The van der Waals surface area contributed by atoms with E-state index in [0.717, 1.165) is 32.7 Å². The van der Waals surface area contributed by atoms with Crippen molar-refractivity contribution in [1.82, 2.24) is 15.1 Å². The molecule has 2 atom stereocenters. The minimum absolute atomic E-state index is 0.130. The van der Waals surface area contributed by atoms with Gasteiger partial charge in [-0.2, -0.15) is 0 Å². The van der Waals surface area contributed by atoms with Gasteiger partial charge in [0.15, 0.2) is 5.11 Å². The lowest BCUT2D eigenvalue weighted by Crippen LogP contribution is -2.52. The largest absolute Gasteiger partial charge is 0.358 e. The van der Waals surface area contributed by atoms with Crippen LogP contribution in [0.2, 0.25) is 0 Å². The maximum atomic E-state index is 13.4. The van der Waals surface area contributed by atoms with Crippen LogP contribution in [0, 0.1) is 5.82 Å². The number of thiocarbonyl (C=S) groups is 1. The Morgan fingerprint density at radius 3 is 2.63 bits per heavy atom. The van der Waals surface area contributed by atoms with Crippen LogP contribution in [-0.2, 0) is 0 Å². The van der Waals surface area contributed by atoms with Crippen LogP contribution in [0.4, 0.5) is 10.1 Å². The second kappa shape index (κ2) is 9.59. The van der Waals surface area contributed by atoms with Crippen LogP contribution in [0.25, 0.3) is 0 Å². The van der Waals surface area contributed by atoms with Gasteiger partial charge in [0.25, 0.3) is 0 Å². The van der Waals surface area contributed by atoms with Gasteiger partial charge in [-0.3, -0.25) is 4.90 Å². The van der Waals surface area contributed by atoms with Crippen molar-refractivity contribution in [2.75, 3.05) is 38.0 Å². The Balaban J connectivity index is 1.66. The highest BCUT2D eigenvalue weighted by Gasteiger charge is 2.30. The summed E-state index contributed by atoms with van der Waals surface area (Å²) in [4.78, 5) is 6.37. The first kappa shape index (κ1) is 20.2. The molecular weight excluding hydrogens is 379 g/mol. The average molecular weight is 407 g/mol. The zero-order chi connectivity index (χ0) is 19.2. The van der Waals surface area contributed by atoms with Gasteiger partial charge >= 0.3 is 0 Å². The number of nitrogens with zero attached hydrogens (tertiary/aromatic N) is 2. The van der Waals surface area contributed by atoms with Crippen LogP contribution in [-0.4, -0.2) is 53.7 Å². The first-order valence-corrected chi connectivity index (χ1v) is 10.7. The number of anilines is 1. The van der Waals surface area contributed by atoms with E-state index in [9.17, 15) is 4.39 Å². The number of halogens is 1.